The van der Waals surface area contributed by atoms with Gasteiger partial charge in [-0.1, -0.05) is 66.4 Å². The maximum atomic E-state index is 6.59. The summed E-state index contributed by atoms with van der Waals surface area (Å²) in [5, 5.41) is 0. The molecule has 0 amide bonds. The summed E-state index contributed by atoms with van der Waals surface area (Å²) in [6, 6.07) is 0. The summed E-state index contributed by atoms with van der Waals surface area (Å²) >= 11 is 0. The molecule has 2 rings (SSSR count). The average molecular weight is 468 g/mol. The molecule has 5 radical (unpaired) electrons. The van der Waals surface area contributed by atoms with E-state index < -0.39 is 16.8 Å². The molecular weight excluding hydrogens is 426 g/mol. The molecule has 0 heterocycles. The zero-order valence-corrected chi connectivity index (χ0v) is 24.2. The van der Waals surface area contributed by atoms with Crippen molar-refractivity contribution >= 4 is 16.8 Å². The first-order chi connectivity index (χ1) is 11.6. The molecule has 29 heavy (non-hydrogen) atoms. The van der Waals surface area contributed by atoms with Crippen LogP contribution in [-0.4, -0.2) is 27.9 Å². The van der Waals surface area contributed by atoms with E-state index in [1.165, 1.54) is 17.4 Å². The third kappa shape index (κ3) is 9.26. The van der Waals surface area contributed by atoms with E-state index in [0.717, 1.165) is 6.10 Å². The first-order valence-electron chi connectivity index (χ1n) is 9.42. The number of rotatable bonds is 5. The fraction of sp³-hybridized carbons (Fsp3) is 0.522. The van der Waals surface area contributed by atoms with Gasteiger partial charge in [0.05, 0.1) is 11.7 Å². The molecule has 0 atom stereocenters. The summed E-state index contributed by atoms with van der Waals surface area (Å²) in [4.78, 5) is 5.23. The molecule has 0 aliphatic heterocycles. The molecule has 1 fully saturated rings. The van der Waals surface area contributed by atoms with E-state index in [2.05, 4.69) is 98.5 Å². The van der Waals surface area contributed by atoms with Crippen LogP contribution in [0.25, 0.3) is 4.98 Å². The minimum atomic E-state index is -2.33. The van der Waals surface area contributed by atoms with Crippen molar-refractivity contribution in [1.29, 1.82) is 0 Å². The van der Waals surface area contributed by atoms with Crippen LogP contribution in [0.5, 0.6) is 0 Å². The Hall–Kier alpha value is 0.508. The molecule has 2 aliphatic carbocycles. The van der Waals surface area contributed by atoms with E-state index in [9.17, 15) is 0 Å². The third-order valence-electron chi connectivity index (χ3n) is 3.90. The third-order valence-corrected chi connectivity index (χ3v) is 8.68. The Morgan fingerprint density at radius 2 is 1.38 bits per heavy atom. The second-order valence-corrected chi connectivity index (χ2v) is 17.1. The van der Waals surface area contributed by atoms with Gasteiger partial charge in [0, 0.05) is 18.3 Å². The van der Waals surface area contributed by atoms with Crippen LogP contribution in [0.3, 0.4) is 0 Å². The fourth-order valence-corrected chi connectivity index (χ4v) is 9.54. The Bertz CT molecular complexity index is 562. The van der Waals surface area contributed by atoms with E-state index in [1.807, 2.05) is 0 Å². The smallest absolute Gasteiger partial charge is 0.659 e. The van der Waals surface area contributed by atoms with Crippen LogP contribution < -0.4 is 0 Å². The summed E-state index contributed by atoms with van der Waals surface area (Å²) in [6.45, 7) is 21.6. The van der Waals surface area contributed by atoms with Crippen LogP contribution in [0.4, 0.5) is 0 Å². The van der Waals surface area contributed by atoms with Crippen LogP contribution in [0.1, 0.15) is 41.5 Å². The predicted molar refractivity (Wildman–Crippen MR) is 128 cm³/mol. The van der Waals surface area contributed by atoms with Gasteiger partial charge in [-0.25, -0.2) is 0 Å². The van der Waals surface area contributed by atoms with Crippen molar-refractivity contribution in [3.63, 3.8) is 0 Å². The number of fused-ring (bicyclic) bond motifs is 1. The topological polar surface area (TPSA) is 32.6 Å². The molecule has 1 saturated carbocycles. The minimum Gasteiger partial charge on any atom is -0.659 e. The van der Waals surface area contributed by atoms with Gasteiger partial charge in [-0.2, -0.15) is 0 Å². The molecule has 161 valence electrons. The van der Waals surface area contributed by atoms with Gasteiger partial charge < -0.3 is 28.7 Å². The predicted octanol–water partition coefficient (Wildman–Crippen LogP) is 6.93. The molecule has 6 heteroatoms. The molecule has 0 aromatic rings. The molecule has 2 aliphatic rings. The zero-order valence-electron chi connectivity index (χ0n) is 20.7. The Kier molecular flexibility index (Phi) is 11.9. The second-order valence-electron chi connectivity index (χ2n) is 10.0. The van der Waals surface area contributed by atoms with E-state index >= 15 is 0 Å². The number of allylic oxidation sites excluding steroid dienone is 4. The standard InChI is InChI=1S/C21H35NO2Si2.2CH3.Ti/c1-20(2,3)22-25(7,8)19-17-14-12-11-13-16(17)15-18(19)23-26(9,10)24-21(4,5)6;;;/h11-15H,1-10H3;2*1H3;/q3*-1;+4. The average Bonchev–Trinajstić information content (AvgIpc) is 2.69. The Labute approximate surface area is 199 Å². The summed E-state index contributed by atoms with van der Waals surface area (Å²) in [5.74, 6) is 2.50. The zero-order chi connectivity index (χ0) is 20.0. The van der Waals surface area contributed by atoms with E-state index in [4.69, 9.17) is 13.8 Å². The number of hydrogen-bond donors (Lipinski definition) is 0. The minimum absolute atomic E-state index is 0. The molecular formula is C23H41NO2Si2Ti+. The maximum absolute atomic E-state index is 6.59. The van der Waals surface area contributed by atoms with E-state index in [-0.39, 0.29) is 47.7 Å². The number of hydrogen-bond acceptors (Lipinski definition) is 2. The van der Waals surface area contributed by atoms with E-state index in [0.29, 0.717) is 0 Å². The van der Waals surface area contributed by atoms with Crippen molar-refractivity contribution in [2.75, 3.05) is 0 Å². The summed E-state index contributed by atoms with van der Waals surface area (Å²) in [5.41, 5.74) is 1.01. The van der Waals surface area contributed by atoms with Crippen molar-refractivity contribution in [1.82, 2.24) is 0 Å². The van der Waals surface area contributed by atoms with Crippen molar-refractivity contribution in [3.05, 3.63) is 74.0 Å². The number of nitrogens with zero attached hydrogens (tertiary/aromatic N) is 1. The van der Waals surface area contributed by atoms with Gasteiger partial charge in [-0.3, -0.25) is 0 Å². The van der Waals surface area contributed by atoms with Crippen LogP contribution in [0.2, 0.25) is 26.2 Å². The fourth-order valence-electron chi connectivity index (χ4n) is 3.83. The molecule has 3 nitrogen and oxygen atoms in total. The molecule has 0 aromatic carbocycles. The summed E-state index contributed by atoms with van der Waals surface area (Å²) in [7, 11) is -4.39. The van der Waals surface area contributed by atoms with Crippen molar-refractivity contribution in [2.24, 2.45) is 0 Å². The van der Waals surface area contributed by atoms with Gasteiger partial charge in [0.15, 0.2) is 0 Å². The normalized spacial score (nSPS) is 19.4. The van der Waals surface area contributed by atoms with Gasteiger partial charge in [0.2, 0.25) is 0 Å². The monoisotopic (exact) mass is 467 g/mol. The van der Waals surface area contributed by atoms with Crippen molar-refractivity contribution in [2.45, 2.75) is 78.9 Å². The molecule has 0 saturated heterocycles. The van der Waals surface area contributed by atoms with Crippen LogP contribution in [-0.2, 0) is 30.6 Å². The SMILES string of the molecule is CC(C)(C)[N-][Si](C)(C)[C]1[C](O[Si](C)(C)OC(C)(C)C)[CH][C]2C=CC=C[C]21.[CH3-].[CH3-].[Ti+4]. The molecule has 0 N–H and O–H groups in total. The summed E-state index contributed by atoms with van der Waals surface area (Å²) in [6.07, 6.45) is 11.7. The first-order valence-corrected chi connectivity index (χ1v) is 15.2. The Morgan fingerprint density at radius 1 is 0.862 bits per heavy atom. The van der Waals surface area contributed by atoms with Crippen molar-refractivity contribution < 1.29 is 30.6 Å². The summed E-state index contributed by atoms with van der Waals surface area (Å²) < 4.78 is 12.9. The molecule has 0 spiro atoms. The Balaban J connectivity index is 0. The van der Waals surface area contributed by atoms with Gasteiger partial charge in [0.1, 0.15) is 0 Å². The van der Waals surface area contributed by atoms with Crippen molar-refractivity contribution in [3.8, 4) is 0 Å². The second kappa shape index (κ2) is 10.9. The molecule has 0 bridgehead atoms. The van der Waals surface area contributed by atoms with Gasteiger partial charge in [-0.15, -0.1) is 5.54 Å². The molecule has 0 aromatic heterocycles. The van der Waals surface area contributed by atoms with Gasteiger partial charge >= 0.3 is 30.3 Å². The maximum Gasteiger partial charge on any atom is 4.00 e. The van der Waals surface area contributed by atoms with Crippen LogP contribution >= 0.6 is 0 Å². The first kappa shape index (κ1) is 31.7. The van der Waals surface area contributed by atoms with E-state index in [1.54, 1.807) is 0 Å². The van der Waals surface area contributed by atoms with Gasteiger partial charge in [0.25, 0.3) is 0 Å². The Morgan fingerprint density at radius 3 is 1.86 bits per heavy atom. The van der Waals surface area contributed by atoms with Gasteiger partial charge in [-0.05, 0) is 39.4 Å². The quantitative estimate of drug-likeness (QED) is 0.324. The molecule has 0 unspecified atom stereocenters. The largest absolute Gasteiger partial charge is 4.00 e. The van der Waals surface area contributed by atoms with Crippen LogP contribution in [0.15, 0.2) is 24.3 Å². The van der Waals surface area contributed by atoms with Crippen LogP contribution in [0, 0.1) is 44.8 Å².